The molecule has 1 nitrogen and oxygen atoms in total. The first-order chi connectivity index (χ1) is 37.7. The summed E-state index contributed by atoms with van der Waals surface area (Å²) in [7, 11) is 0. The van der Waals surface area contributed by atoms with E-state index in [9.17, 15) is 0 Å². The minimum absolute atomic E-state index is 0.515. The van der Waals surface area contributed by atoms with Gasteiger partial charge in [0.25, 0.3) is 0 Å². The first kappa shape index (κ1) is 43.7. The highest BCUT2D eigenvalue weighted by Crippen LogP contribution is 2.64. The lowest BCUT2D eigenvalue weighted by Crippen LogP contribution is -2.26. The van der Waals surface area contributed by atoms with Gasteiger partial charge in [0.1, 0.15) is 0 Å². The first-order valence-corrected chi connectivity index (χ1v) is 26.4. The van der Waals surface area contributed by atoms with Crippen LogP contribution in [-0.4, -0.2) is 0 Å². The van der Waals surface area contributed by atoms with E-state index >= 15 is 0 Å². The summed E-state index contributed by atoms with van der Waals surface area (Å²) in [5.74, 6) is 0. The van der Waals surface area contributed by atoms with Crippen LogP contribution in [0.25, 0.3) is 99.4 Å². The molecule has 15 rings (SSSR count). The molecule has 0 unspecified atom stereocenters. The molecule has 1 spiro atoms. The molecule has 13 aromatic carbocycles. The van der Waals surface area contributed by atoms with Crippen molar-refractivity contribution in [2.24, 2.45) is 0 Å². The normalized spacial score (nSPS) is 12.6. The molecular formula is C75H49N. The third kappa shape index (κ3) is 6.72. The van der Waals surface area contributed by atoms with Gasteiger partial charge in [-0.1, -0.05) is 255 Å². The van der Waals surface area contributed by atoms with Crippen molar-refractivity contribution in [3.05, 3.63) is 320 Å². The summed E-state index contributed by atoms with van der Waals surface area (Å²) in [6.07, 6.45) is 0. The Balaban J connectivity index is 1.02. The fraction of sp³-hybridized carbons (Fsp3) is 0.0133. The van der Waals surface area contributed by atoms with Gasteiger partial charge in [-0.3, -0.25) is 0 Å². The molecular weight excluding hydrogens is 915 g/mol. The van der Waals surface area contributed by atoms with Crippen LogP contribution in [0.3, 0.4) is 0 Å². The van der Waals surface area contributed by atoms with Gasteiger partial charge in [0.05, 0.1) is 11.1 Å². The summed E-state index contributed by atoms with van der Waals surface area (Å²) in [4.78, 5) is 2.58. The van der Waals surface area contributed by atoms with Gasteiger partial charge in [-0.2, -0.15) is 0 Å². The largest absolute Gasteiger partial charge is 0.309 e. The van der Waals surface area contributed by atoms with Crippen LogP contribution in [0, 0.1) is 0 Å². The smallest absolute Gasteiger partial charge is 0.0726 e. The zero-order chi connectivity index (χ0) is 50.2. The van der Waals surface area contributed by atoms with Gasteiger partial charge in [0.2, 0.25) is 0 Å². The van der Waals surface area contributed by atoms with E-state index in [0.29, 0.717) is 0 Å². The van der Waals surface area contributed by atoms with E-state index in [4.69, 9.17) is 0 Å². The fourth-order valence-electron chi connectivity index (χ4n) is 13.0. The Bertz CT molecular complexity index is 4260. The second-order valence-electron chi connectivity index (χ2n) is 20.3. The Morgan fingerprint density at radius 2 is 0.579 bits per heavy atom. The van der Waals surface area contributed by atoms with Crippen LogP contribution in [0.4, 0.5) is 17.1 Å². The third-order valence-corrected chi connectivity index (χ3v) is 16.3. The Morgan fingerprint density at radius 3 is 1.11 bits per heavy atom. The number of fused-ring (bicyclic) bond motifs is 13. The van der Waals surface area contributed by atoms with E-state index in [2.05, 4.69) is 302 Å². The molecule has 0 saturated heterocycles. The number of benzene rings is 13. The molecule has 2 aliphatic rings. The maximum atomic E-state index is 2.58. The first-order valence-electron chi connectivity index (χ1n) is 26.4. The van der Waals surface area contributed by atoms with Crippen LogP contribution in [0.2, 0.25) is 0 Å². The second-order valence-corrected chi connectivity index (χ2v) is 20.3. The minimum Gasteiger partial charge on any atom is -0.309 e. The zero-order valence-electron chi connectivity index (χ0n) is 41.7. The van der Waals surface area contributed by atoms with E-state index in [0.717, 1.165) is 22.6 Å². The zero-order valence-corrected chi connectivity index (χ0v) is 41.7. The van der Waals surface area contributed by atoms with Gasteiger partial charge in [-0.15, -0.1) is 0 Å². The van der Waals surface area contributed by atoms with Crippen LogP contribution in [0.15, 0.2) is 297 Å². The Morgan fingerprint density at radius 1 is 0.211 bits per heavy atom. The van der Waals surface area contributed by atoms with E-state index in [1.807, 2.05) is 0 Å². The van der Waals surface area contributed by atoms with Crippen LogP contribution >= 0.6 is 0 Å². The highest BCUT2D eigenvalue weighted by molar-refractivity contribution is 6.23. The van der Waals surface area contributed by atoms with Gasteiger partial charge in [-0.05, 0) is 153 Å². The molecule has 0 heterocycles. The molecule has 0 fully saturated rings. The SMILES string of the molecule is c1ccc(-c2cc(-c3ccccc3)cc(-c3ccc(N(c4ccc5c(c4)C4(c6ccccc6-c6ccccc64)c4ccccc4-5)c4c(-c5ccccc5-c5ccccc5)c5ccccc5c5ccccc45)cc3)c2)cc1. The maximum absolute atomic E-state index is 2.58. The molecule has 354 valence electrons. The molecule has 0 radical (unpaired) electrons. The lowest BCUT2D eigenvalue weighted by molar-refractivity contribution is 0.793. The Hall–Kier alpha value is -9.82. The lowest BCUT2D eigenvalue weighted by Gasteiger charge is -2.34. The Kier molecular flexibility index (Phi) is 10.2. The van der Waals surface area contributed by atoms with Crippen molar-refractivity contribution < 1.29 is 0 Å². The summed E-state index contributed by atoms with van der Waals surface area (Å²) in [5.41, 5.74) is 25.1. The lowest BCUT2D eigenvalue weighted by atomic mass is 9.70. The molecule has 0 bridgehead atoms. The quantitative estimate of drug-likeness (QED) is 0.137. The molecule has 0 aliphatic heterocycles. The molecule has 0 amide bonds. The van der Waals surface area contributed by atoms with Crippen molar-refractivity contribution in [3.8, 4) is 77.9 Å². The van der Waals surface area contributed by atoms with Crippen molar-refractivity contribution in [2.75, 3.05) is 4.90 Å². The van der Waals surface area contributed by atoms with Gasteiger partial charge < -0.3 is 4.90 Å². The standard InChI is InChI=1S/C75H49N/c1-4-22-50(23-5-1)54-46-55(51-24-6-2-7-25-51)48-56(47-54)52-40-42-57(43-41-52)76(58-44-45-65-64-33-18-21-39-71(64)75(72(65)49-58)69-37-19-16-31-62(69)63-32-17-20-38-70(63)75)74-68-36-15-12-30-61(68)60-29-11-14-35-67(60)73(74)66-34-13-10-28-59(66)53-26-8-3-9-27-53/h1-49H. The van der Waals surface area contributed by atoms with E-state index in [1.165, 1.54) is 116 Å². The predicted molar refractivity (Wildman–Crippen MR) is 320 cm³/mol. The topological polar surface area (TPSA) is 3.24 Å². The van der Waals surface area contributed by atoms with Crippen molar-refractivity contribution in [2.45, 2.75) is 5.41 Å². The summed E-state index contributed by atoms with van der Waals surface area (Å²) in [6.45, 7) is 0. The number of hydrogen-bond donors (Lipinski definition) is 0. The second kappa shape index (κ2) is 17.7. The summed E-state index contributed by atoms with van der Waals surface area (Å²) < 4.78 is 0. The summed E-state index contributed by atoms with van der Waals surface area (Å²) in [6, 6.07) is 110. The highest BCUT2D eigenvalue weighted by atomic mass is 15.1. The van der Waals surface area contributed by atoms with Crippen LogP contribution in [0.1, 0.15) is 22.3 Å². The number of nitrogens with zero attached hydrogens (tertiary/aromatic N) is 1. The van der Waals surface area contributed by atoms with Crippen LogP contribution < -0.4 is 4.90 Å². The molecule has 0 aromatic heterocycles. The van der Waals surface area contributed by atoms with E-state index in [1.54, 1.807) is 0 Å². The number of anilines is 3. The molecule has 2 aliphatic carbocycles. The molecule has 0 saturated carbocycles. The fourth-order valence-corrected chi connectivity index (χ4v) is 13.0. The maximum Gasteiger partial charge on any atom is 0.0726 e. The van der Waals surface area contributed by atoms with Gasteiger partial charge in [-0.25, -0.2) is 0 Å². The molecule has 13 aromatic rings. The van der Waals surface area contributed by atoms with Crippen LogP contribution in [-0.2, 0) is 5.41 Å². The molecule has 76 heavy (non-hydrogen) atoms. The summed E-state index contributed by atoms with van der Waals surface area (Å²) in [5, 5.41) is 4.83. The summed E-state index contributed by atoms with van der Waals surface area (Å²) >= 11 is 0. The Labute approximate surface area is 443 Å². The van der Waals surface area contributed by atoms with Crippen molar-refractivity contribution in [3.63, 3.8) is 0 Å². The van der Waals surface area contributed by atoms with Gasteiger partial charge in [0, 0.05) is 22.3 Å². The monoisotopic (exact) mass is 963 g/mol. The predicted octanol–water partition coefficient (Wildman–Crippen LogP) is 20.1. The van der Waals surface area contributed by atoms with Crippen molar-refractivity contribution >= 4 is 38.6 Å². The van der Waals surface area contributed by atoms with E-state index < -0.39 is 5.41 Å². The highest BCUT2D eigenvalue weighted by Gasteiger charge is 2.51. The molecule has 0 atom stereocenters. The van der Waals surface area contributed by atoms with E-state index in [-0.39, 0.29) is 0 Å². The number of rotatable bonds is 8. The molecule has 0 N–H and O–H groups in total. The minimum atomic E-state index is -0.515. The van der Waals surface area contributed by atoms with Crippen LogP contribution in [0.5, 0.6) is 0 Å². The number of hydrogen-bond acceptors (Lipinski definition) is 1. The average Bonchev–Trinajstić information content (AvgIpc) is 3.99. The molecule has 1 heteroatoms. The average molecular weight is 964 g/mol. The van der Waals surface area contributed by atoms with Crippen molar-refractivity contribution in [1.29, 1.82) is 0 Å². The van der Waals surface area contributed by atoms with Crippen molar-refractivity contribution in [1.82, 2.24) is 0 Å². The third-order valence-electron chi connectivity index (χ3n) is 16.3. The van der Waals surface area contributed by atoms with Gasteiger partial charge in [0.15, 0.2) is 0 Å². The van der Waals surface area contributed by atoms with Gasteiger partial charge >= 0.3 is 0 Å².